The zero-order chi connectivity index (χ0) is 11.4. The van der Waals surface area contributed by atoms with Gasteiger partial charge in [0, 0.05) is 11.8 Å². The third-order valence-corrected chi connectivity index (χ3v) is 4.68. The first-order valence-corrected chi connectivity index (χ1v) is 7.57. The van der Waals surface area contributed by atoms with Crippen LogP contribution in [-0.4, -0.2) is 23.5 Å². The SMILES string of the molecule is CC(C)CC1CN=C(NCCC2CCC2)S1. The zero-order valence-corrected chi connectivity index (χ0v) is 11.4. The number of thioether (sulfide) groups is 1. The molecule has 1 N–H and O–H groups in total. The Labute approximate surface area is 104 Å². The van der Waals surface area contributed by atoms with Gasteiger partial charge >= 0.3 is 0 Å². The van der Waals surface area contributed by atoms with Gasteiger partial charge in [-0.2, -0.15) is 0 Å². The molecule has 0 aromatic carbocycles. The van der Waals surface area contributed by atoms with Crippen LogP contribution in [0.2, 0.25) is 0 Å². The maximum absolute atomic E-state index is 4.58. The van der Waals surface area contributed by atoms with Crippen LogP contribution in [0.15, 0.2) is 4.99 Å². The van der Waals surface area contributed by atoms with Gasteiger partial charge in [-0.1, -0.05) is 44.9 Å². The number of nitrogens with one attached hydrogen (secondary N) is 1. The summed E-state index contributed by atoms with van der Waals surface area (Å²) in [6.07, 6.45) is 7.00. The predicted molar refractivity (Wildman–Crippen MR) is 73.1 cm³/mol. The molecule has 1 heterocycles. The fraction of sp³-hybridized carbons (Fsp3) is 0.923. The number of hydrogen-bond acceptors (Lipinski definition) is 3. The van der Waals surface area contributed by atoms with Crippen LogP contribution in [0.3, 0.4) is 0 Å². The van der Waals surface area contributed by atoms with Crippen LogP contribution in [0.4, 0.5) is 0 Å². The topological polar surface area (TPSA) is 24.4 Å². The number of amidine groups is 1. The van der Waals surface area contributed by atoms with Gasteiger partial charge in [0.15, 0.2) is 5.17 Å². The molecule has 1 aliphatic heterocycles. The summed E-state index contributed by atoms with van der Waals surface area (Å²) < 4.78 is 0. The lowest BCUT2D eigenvalue weighted by Gasteiger charge is -2.25. The Hall–Kier alpha value is -0.180. The summed E-state index contributed by atoms with van der Waals surface area (Å²) in [6.45, 7) is 6.74. The molecule has 0 aromatic heterocycles. The molecule has 1 atom stereocenters. The maximum atomic E-state index is 4.58. The van der Waals surface area contributed by atoms with E-state index < -0.39 is 0 Å². The lowest BCUT2D eigenvalue weighted by molar-refractivity contribution is 0.297. The number of rotatable bonds is 5. The molecule has 1 fully saturated rings. The van der Waals surface area contributed by atoms with E-state index in [-0.39, 0.29) is 0 Å². The minimum Gasteiger partial charge on any atom is -0.365 e. The quantitative estimate of drug-likeness (QED) is 0.797. The Kier molecular flexibility index (Phi) is 4.56. The molecule has 0 aromatic rings. The molecule has 0 saturated heterocycles. The Morgan fingerprint density at radius 3 is 2.88 bits per heavy atom. The van der Waals surface area contributed by atoms with E-state index in [0.29, 0.717) is 0 Å². The van der Waals surface area contributed by atoms with Crippen molar-refractivity contribution in [1.29, 1.82) is 0 Å². The van der Waals surface area contributed by atoms with Crippen molar-refractivity contribution in [2.24, 2.45) is 16.8 Å². The van der Waals surface area contributed by atoms with Crippen molar-refractivity contribution in [3.05, 3.63) is 0 Å². The van der Waals surface area contributed by atoms with Gasteiger partial charge in [0.05, 0.1) is 6.54 Å². The molecule has 1 unspecified atom stereocenters. The fourth-order valence-electron chi connectivity index (χ4n) is 2.33. The molecular formula is C13H24N2S. The molecule has 0 amide bonds. The van der Waals surface area contributed by atoms with Crippen LogP contribution < -0.4 is 5.32 Å². The van der Waals surface area contributed by atoms with Crippen LogP contribution in [0, 0.1) is 11.8 Å². The minimum absolute atomic E-state index is 0.728. The maximum Gasteiger partial charge on any atom is 0.156 e. The summed E-state index contributed by atoms with van der Waals surface area (Å²) in [6, 6.07) is 0. The normalized spacial score (nSPS) is 25.7. The number of hydrogen-bond donors (Lipinski definition) is 1. The Bertz CT molecular complexity index is 246. The van der Waals surface area contributed by atoms with Crippen LogP contribution in [-0.2, 0) is 0 Å². The van der Waals surface area contributed by atoms with Gasteiger partial charge < -0.3 is 5.32 Å². The van der Waals surface area contributed by atoms with Gasteiger partial charge in [0.2, 0.25) is 0 Å². The van der Waals surface area contributed by atoms with Gasteiger partial charge in [-0.25, -0.2) is 0 Å². The van der Waals surface area contributed by atoms with Gasteiger partial charge in [-0.05, 0) is 24.7 Å². The van der Waals surface area contributed by atoms with Crippen molar-refractivity contribution in [1.82, 2.24) is 5.32 Å². The van der Waals surface area contributed by atoms with E-state index in [0.717, 1.165) is 30.2 Å². The van der Waals surface area contributed by atoms with Crippen molar-refractivity contribution in [3.8, 4) is 0 Å². The van der Waals surface area contributed by atoms with Crippen molar-refractivity contribution < 1.29 is 0 Å². The average Bonchev–Trinajstić information content (AvgIpc) is 2.56. The average molecular weight is 240 g/mol. The summed E-state index contributed by atoms with van der Waals surface area (Å²) in [5.74, 6) is 1.80. The molecule has 0 bridgehead atoms. The van der Waals surface area contributed by atoms with Crippen molar-refractivity contribution in [3.63, 3.8) is 0 Å². The Morgan fingerprint density at radius 1 is 1.44 bits per heavy atom. The van der Waals surface area contributed by atoms with Gasteiger partial charge in [0.25, 0.3) is 0 Å². The summed E-state index contributed by atoms with van der Waals surface area (Å²) in [7, 11) is 0. The Morgan fingerprint density at radius 2 is 2.25 bits per heavy atom. The second kappa shape index (κ2) is 5.95. The highest BCUT2D eigenvalue weighted by atomic mass is 32.2. The van der Waals surface area contributed by atoms with Gasteiger partial charge in [-0.3, -0.25) is 4.99 Å². The van der Waals surface area contributed by atoms with Crippen molar-refractivity contribution in [2.75, 3.05) is 13.1 Å². The lowest BCUT2D eigenvalue weighted by Crippen LogP contribution is -2.24. The lowest BCUT2D eigenvalue weighted by atomic mass is 9.83. The molecule has 2 rings (SSSR count). The summed E-state index contributed by atoms with van der Waals surface area (Å²) in [5, 5.41) is 5.42. The summed E-state index contributed by atoms with van der Waals surface area (Å²) in [4.78, 5) is 4.58. The highest BCUT2D eigenvalue weighted by Gasteiger charge is 2.21. The molecule has 92 valence electrons. The first-order chi connectivity index (χ1) is 7.74. The van der Waals surface area contributed by atoms with Crippen LogP contribution in [0.5, 0.6) is 0 Å². The molecule has 0 spiro atoms. The molecule has 1 saturated carbocycles. The van der Waals surface area contributed by atoms with Crippen LogP contribution >= 0.6 is 11.8 Å². The van der Waals surface area contributed by atoms with E-state index in [1.165, 1.54) is 37.3 Å². The predicted octanol–water partition coefficient (Wildman–Crippen LogP) is 3.28. The molecule has 16 heavy (non-hydrogen) atoms. The first-order valence-electron chi connectivity index (χ1n) is 6.69. The summed E-state index contributed by atoms with van der Waals surface area (Å²) >= 11 is 1.96. The smallest absolute Gasteiger partial charge is 0.156 e. The highest BCUT2D eigenvalue weighted by Crippen LogP contribution is 2.29. The van der Waals surface area contributed by atoms with E-state index >= 15 is 0 Å². The largest absolute Gasteiger partial charge is 0.365 e. The number of nitrogens with zero attached hydrogens (tertiary/aromatic N) is 1. The molecule has 1 aliphatic carbocycles. The number of aliphatic imine (C=N–C) groups is 1. The van der Waals surface area contributed by atoms with E-state index in [1.54, 1.807) is 0 Å². The van der Waals surface area contributed by atoms with E-state index in [2.05, 4.69) is 24.2 Å². The standard InChI is InChI=1S/C13H24N2S/c1-10(2)8-12-9-15-13(16-12)14-7-6-11-4-3-5-11/h10-12H,3-9H2,1-2H3,(H,14,15). The van der Waals surface area contributed by atoms with E-state index in [9.17, 15) is 0 Å². The van der Waals surface area contributed by atoms with Crippen LogP contribution in [0.25, 0.3) is 0 Å². The fourth-order valence-corrected chi connectivity index (χ4v) is 3.61. The van der Waals surface area contributed by atoms with Gasteiger partial charge in [0.1, 0.15) is 0 Å². The minimum atomic E-state index is 0.728. The Balaban J connectivity index is 1.56. The highest BCUT2D eigenvalue weighted by molar-refractivity contribution is 8.14. The third-order valence-electron chi connectivity index (χ3n) is 3.50. The van der Waals surface area contributed by atoms with E-state index in [1.807, 2.05) is 11.8 Å². The molecule has 3 heteroatoms. The molecule has 2 nitrogen and oxygen atoms in total. The van der Waals surface area contributed by atoms with E-state index in [4.69, 9.17) is 0 Å². The van der Waals surface area contributed by atoms with Crippen LogP contribution in [0.1, 0.15) is 46.0 Å². The zero-order valence-electron chi connectivity index (χ0n) is 10.5. The van der Waals surface area contributed by atoms with Crippen molar-refractivity contribution >= 4 is 16.9 Å². The monoisotopic (exact) mass is 240 g/mol. The molecule has 0 radical (unpaired) electrons. The second-order valence-electron chi connectivity index (χ2n) is 5.53. The molecule has 2 aliphatic rings. The molecular weight excluding hydrogens is 216 g/mol. The second-order valence-corrected chi connectivity index (χ2v) is 6.82. The first kappa shape index (κ1) is 12.3. The van der Waals surface area contributed by atoms with Gasteiger partial charge in [-0.15, -0.1) is 0 Å². The van der Waals surface area contributed by atoms with Crippen molar-refractivity contribution in [2.45, 2.75) is 51.2 Å². The summed E-state index contributed by atoms with van der Waals surface area (Å²) in [5.41, 5.74) is 0. The third kappa shape index (κ3) is 3.69.